The number of carboxylic acids is 1. The molecular weight excluding hydrogens is 194 g/mol. The highest BCUT2D eigenvalue weighted by Crippen LogP contribution is 2.06. The molecule has 1 rings (SSSR count). The summed E-state index contributed by atoms with van der Waals surface area (Å²) in [5, 5.41) is 16.6. The highest BCUT2D eigenvalue weighted by molar-refractivity contribution is 5.66. The molecule has 0 bridgehead atoms. The van der Waals surface area contributed by atoms with Crippen LogP contribution in [0.5, 0.6) is 0 Å². The predicted octanol–water partition coefficient (Wildman–Crippen LogP) is 1.40. The van der Waals surface area contributed by atoms with Crippen LogP contribution >= 0.6 is 0 Å². The molecule has 0 saturated heterocycles. The van der Waals surface area contributed by atoms with Gasteiger partial charge in [-0.25, -0.2) is 0 Å². The van der Waals surface area contributed by atoms with E-state index in [1.165, 1.54) is 0 Å². The molecular formula is C10H17N3O2. The third-order valence-corrected chi connectivity index (χ3v) is 2.25. The number of aryl methyl sites for hydroxylation is 2. The lowest BCUT2D eigenvalue weighted by Gasteiger charge is -2.05. The fraction of sp³-hybridized carbons (Fsp3) is 0.700. The molecule has 1 aromatic heterocycles. The number of aromatic nitrogens is 3. The van der Waals surface area contributed by atoms with Crippen LogP contribution in [0, 0.1) is 6.92 Å². The Morgan fingerprint density at radius 1 is 1.47 bits per heavy atom. The van der Waals surface area contributed by atoms with Crippen LogP contribution in [0.1, 0.15) is 37.8 Å². The smallest absolute Gasteiger partial charge is 0.303 e. The van der Waals surface area contributed by atoms with E-state index in [1.54, 1.807) is 0 Å². The van der Waals surface area contributed by atoms with Crippen molar-refractivity contribution in [2.24, 2.45) is 0 Å². The molecule has 1 N–H and O–H groups in total. The van der Waals surface area contributed by atoms with Gasteiger partial charge in [-0.3, -0.25) is 4.79 Å². The molecule has 0 radical (unpaired) electrons. The second kappa shape index (κ2) is 5.48. The lowest BCUT2D eigenvalue weighted by molar-refractivity contribution is -0.137. The summed E-state index contributed by atoms with van der Waals surface area (Å²) in [5.74, 6) is 1.05. The number of nitrogens with zero attached hydrogens (tertiary/aromatic N) is 3. The van der Waals surface area contributed by atoms with Gasteiger partial charge in [0.05, 0.1) is 0 Å². The molecule has 84 valence electrons. The maximum Gasteiger partial charge on any atom is 0.303 e. The predicted molar refractivity (Wildman–Crippen MR) is 55.6 cm³/mol. The zero-order valence-corrected chi connectivity index (χ0v) is 9.23. The van der Waals surface area contributed by atoms with E-state index in [0.717, 1.165) is 24.6 Å². The van der Waals surface area contributed by atoms with Crippen LogP contribution in [0.4, 0.5) is 0 Å². The first-order valence-corrected chi connectivity index (χ1v) is 5.25. The minimum absolute atomic E-state index is 0.192. The van der Waals surface area contributed by atoms with Gasteiger partial charge < -0.3 is 9.67 Å². The van der Waals surface area contributed by atoms with E-state index in [2.05, 4.69) is 21.7 Å². The fourth-order valence-electron chi connectivity index (χ4n) is 1.52. The first-order chi connectivity index (χ1) is 7.15. The van der Waals surface area contributed by atoms with Crippen LogP contribution in [0.3, 0.4) is 0 Å². The normalized spacial score (nSPS) is 10.5. The number of carbonyl (C=O) groups is 1. The molecule has 0 aliphatic carbocycles. The van der Waals surface area contributed by atoms with Crippen molar-refractivity contribution in [1.82, 2.24) is 14.8 Å². The molecule has 0 fully saturated rings. The Labute approximate surface area is 89.1 Å². The summed E-state index contributed by atoms with van der Waals surface area (Å²) in [7, 11) is 0. The third kappa shape index (κ3) is 3.34. The summed E-state index contributed by atoms with van der Waals surface area (Å²) in [5.41, 5.74) is 0. The highest BCUT2D eigenvalue weighted by atomic mass is 16.4. The number of carboxylic acid groups (broad SMARTS) is 1. The molecule has 0 aliphatic rings. The van der Waals surface area contributed by atoms with E-state index in [9.17, 15) is 4.79 Å². The Bertz CT molecular complexity index is 333. The highest BCUT2D eigenvalue weighted by Gasteiger charge is 2.08. The van der Waals surface area contributed by atoms with Crippen molar-refractivity contribution in [3.8, 4) is 0 Å². The summed E-state index contributed by atoms with van der Waals surface area (Å²) < 4.78 is 2.06. The Balaban J connectivity index is 2.56. The topological polar surface area (TPSA) is 68.0 Å². The second-order valence-corrected chi connectivity index (χ2v) is 3.56. The molecule has 0 amide bonds. The molecule has 0 aliphatic heterocycles. The molecule has 5 heteroatoms. The lowest BCUT2D eigenvalue weighted by Crippen LogP contribution is -2.06. The second-order valence-electron chi connectivity index (χ2n) is 3.56. The molecule has 1 heterocycles. The first kappa shape index (κ1) is 11.7. The monoisotopic (exact) mass is 211 g/mol. The van der Waals surface area contributed by atoms with Crippen LogP contribution in [0.15, 0.2) is 0 Å². The summed E-state index contributed by atoms with van der Waals surface area (Å²) in [6.07, 6.45) is 2.53. The van der Waals surface area contributed by atoms with Gasteiger partial charge in [-0.2, -0.15) is 0 Å². The van der Waals surface area contributed by atoms with E-state index in [4.69, 9.17) is 5.11 Å². The quantitative estimate of drug-likeness (QED) is 0.772. The Morgan fingerprint density at radius 3 is 2.80 bits per heavy atom. The molecule has 0 atom stereocenters. The van der Waals surface area contributed by atoms with Crippen molar-refractivity contribution >= 4 is 5.97 Å². The summed E-state index contributed by atoms with van der Waals surface area (Å²) >= 11 is 0. The number of rotatable bonds is 6. The van der Waals surface area contributed by atoms with Crippen molar-refractivity contribution < 1.29 is 9.90 Å². The Kier molecular flexibility index (Phi) is 4.27. The molecule has 0 spiro atoms. The maximum absolute atomic E-state index is 10.4. The van der Waals surface area contributed by atoms with Gasteiger partial charge in [0.2, 0.25) is 0 Å². The van der Waals surface area contributed by atoms with Gasteiger partial charge >= 0.3 is 5.97 Å². The van der Waals surface area contributed by atoms with Crippen LogP contribution in [0.25, 0.3) is 0 Å². The fourth-order valence-corrected chi connectivity index (χ4v) is 1.52. The van der Waals surface area contributed by atoms with Crippen LogP contribution in [-0.4, -0.2) is 25.8 Å². The van der Waals surface area contributed by atoms with Gasteiger partial charge in [-0.1, -0.05) is 6.92 Å². The number of hydrogen-bond acceptors (Lipinski definition) is 3. The number of aliphatic carboxylic acids is 1. The van der Waals surface area contributed by atoms with E-state index in [-0.39, 0.29) is 6.42 Å². The summed E-state index contributed by atoms with van der Waals surface area (Å²) in [6.45, 7) is 4.92. The molecule has 0 aromatic carbocycles. The third-order valence-electron chi connectivity index (χ3n) is 2.25. The standard InChI is InChI=1S/C10H17N3O2/c1-3-7-13-8(2)11-12-9(13)5-4-6-10(14)15/h3-7H2,1-2H3,(H,14,15). The molecule has 0 saturated carbocycles. The van der Waals surface area contributed by atoms with Crippen molar-refractivity contribution in [3.05, 3.63) is 11.6 Å². The van der Waals surface area contributed by atoms with Gasteiger partial charge in [-0.05, 0) is 19.8 Å². The Hall–Kier alpha value is -1.39. The number of hydrogen-bond donors (Lipinski definition) is 1. The average molecular weight is 211 g/mol. The SMILES string of the molecule is CCCn1c(C)nnc1CCCC(=O)O. The van der Waals surface area contributed by atoms with Gasteiger partial charge in [0, 0.05) is 19.4 Å². The van der Waals surface area contributed by atoms with Crippen molar-refractivity contribution in [2.45, 2.75) is 46.1 Å². The van der Waals surface area contributed by atoms with Gasteiger partial charge in [0.15, 0.2) is 0 Å². The lowest BCUT2D eigenvalue weighted by atomic mass is 10.2. The molecule has 15 heavy (non-hydrogen) atoms. The molecule has 5 nitrogen and oxygen atoms in total. The van der Waals surface area contributed by atoms with E-state index >= 15 is 0 Å². The van der Waals surface area contributed by atoms with Gasteiger partial charge in [-0.15, -0.1) is 10.2 Å². The van der Waals surface area contributed by atoms with Crippen LogP contribution < -0.4 is 0 Å². The minimum Gasteiger partial charge on any atom is -0.481 e. The summed E-state index contributed by atoms with van der Waals surface area (Å²) in [4.78, 5) is 10.4. The van der Waals surface area contributed by atoms with E-state index in [0.29, 0.717) is 12.8 Å². The van der Waals surface area contributed by atoms with E-state index in [1.807, 2.05) is 6.92 Å². The maximum atomic E-state index is 10.4. The first-order valence-electron chi connectivity index (χ1n) is 5.25. The van der Waals surface area contributed by atoms with Gasteiger partial charge in [0.25, 0.3) is 0 Å². The average Bonchev–Trinajstić information content (AvgIpc) is 2.50. The summed E-state index contributed by atoms with van der Waals surface area (Å²) in [6, 6.07) is 0. The van der Waals surface area contributed by atoms with Crippen molar-refractivity contribution in [3.63, 3.8) is 0 Å². The van der Waals surface area contributed by atoms with Crippen LogP contribution in [-0.2, 0) is 17.8 Å². The van der Waals surface area contributed by atoms with Crippen LogP contribution in [0.2, 0.25) is 0 Å². The zero-order valence-electron chi connectivity index (χ0n) is 9.23. The Morgan fingerprint density at radius 2 is 2.20 bits per heavy atom. The molecule has 0 unspecified atom stereocenters. The van der Waals surface area contributed by atoms with Gasteiger partial charge in [0.1, 0.15) is 11.6 Å². The van der Waals surface area contributed by atoms with Crippen molar-refractivity contribution in [2.75, 3.05) is 0 Å². The molecule has 1 aromatic rings. The van der Waals surface area contributed by atoms with Crippen molar-refractivity contribution in [1.29, 1.82) is 0 Å². The van der Waals surface area contributed by atoms with E-state index < -0.39 is 5.97 Å². The zero-order chi connectivity index (χ0) is 11.3. The largest absolute Gasteiger partial charge is 0.481 e. The minimum atomic E-state index is -0.756.